The molecular weight excluding hydrogens is 416 g/mol. The van der Waals surface area contributed by atoms with Crippen molar-refractivity contribution in [3.05, 3.63) is 45.8 Å². The molecule has 152 valence electrons. The van der Waals surface area contributed by atoms with Crippen LogP contribution < -0.4 is 5.32 Å². The summed E-state index contributed by atoms with van der Waals surface area (Å²) >= 11 is 6.96. The normalized spacial score (nSPS) is 17.4. The van der Waals surface area contributed by atoms with Gasteiger partial charge in [0.25, 0.3) is 10.0 Å². The van der Waals surface area contributed by atoms with E-state index >= 15 is 0 Å². The molecule has 1 N–H and O–H groups in total. The molecule has 5 nitrogen and oxygen atoms in total. The number of carbonyl (C=O) groups is 1. The fraction of sp³-hybridized carbons (Fsp3) is 0.450. The van der Waals surface area contributed by atoms with Crippen molar-refractivity contribution >= 4 is 44.6 Å². The van der Waals surface area contributed by atoms with Crippen LogP contribution in [0.4, 0.5) is 5.69 Å². The van der Waals surface area contributed by atoms with Crippen molar-refractivity contribution in [3.8, 4) is 0 Å². The smallest absolute Gasteiger partial charge is 0.252 e. The molecule has 0 spiro atoms. The molecule has 1 aliphatic rings. The number of aryl methyl sites for hydroxylation is 2. The monoisotopic (exact) mass is 440 g/mol. The fourth-order valence-electron chi connectivity index (χ4n) is 3.47. The summed E-state index contributed by atoms with van der Waals surface area (Å²) in [4.78, 5) is 12.7. The van der Waals surface area contributed by atoms with Crippen molar-refractivity contribution in [1.29, 1.82) is 0 Å². The zero-order valence-electron chi connectivity index (χ0n) is 16.2. The highest BCUT2D eigenvalue weighted by atomic mass is 35.5. The second-order valence-electron chi connectivity index (χ2n) is 7.38. The van der Waals surface area contributed by atoms with Gasteiger partial charge in [-0.25, -0.2) is 8.42 Å². The molecule has 3 rings (SSSR count). The quantitative estimate of drug-likeness (QED) is 0.733. The largest absolute Gasteiger partial charge is 0.326 e. The molecule has 1 aromatic carbocycles. The molecule has 28 heavy (non-hydrogen) atoms. The van der Waals surface area contributed by atoms with Gasteiger partial charge in [-0.15, -0.1) is 11.3 Å². The predicted molar refractivity (Wildman–Crippen MR) is 115 cm³/mol. The lowest BCUT2D eigenvalue weighted by atomic mass is 9.85. The summed E-state index contributed by atoms with van der Waals surface area (Å²) in [5.41, 5.74) is 3.12. The van der Waals surface area contributed by atoms with Gasteiger partial charge in [0.05, 0.1) is 4.34 Å². The van der Waals surface area contributed by atoms with E-state index in [9.17, 15) is 13.2 Å². The Labute approximate surface area is 175 Å². The fourth-order valence-corrected chi connectivity index (χ4v) is 6.58. The van der Waals surface area contributed by atoms with Gasteiger partial charge in [0.15, 0.2) is 0 Å². The third-order valence-corrected chi connectivity index (χ3v) is 9.13. The van der Waals surface area contributed by atoms with Gasteiger partial charge in [-0.1, -0.05) is 24.6 Å². The third-order valence-electron chi connectivity index (χ3n) is 5.54. The standard InChI is InChI=1S/C20H25ClN2O3S2/c1-13-4-5-17(12-14(13)2)22-20(24)15(3)16-8-10-23(11-9-16)28(25,26)19-7-6-18(21)27-19/h4-7,12,15-16H,8-11H2,1-3H3,(H,22,24)/t15-/m0/s1. The van der Waals surface area contributed by atoms with Crippen LogP contribution >= 0.6 is 22.9 Å². The van der Waals surface area contributed by atoms with Gasteiger partial charge < -0.3 is 5.32 Å². The highest BCUT2D eigenvalue weighted by molar-refractivity contribution is 7.91. The van der Waals surface area contributed by atoms with Gasteiger partial charge in [-0.2, -0.15) is 4.31 Å². The van der Waals surface area contributed by atoms with E-state index in [1.54, 1.807) is 12.1 Å². The Balaban J connectivity index is 1.59. The summed E-state index contributed by atoms with van der Waals surface area (Å²) in [6.07, 6.45) is 1.33. The van der Waals surface area contributed by atoms with Gasteiger partial charge in [0.2, 0.25) is 5.91 Å². The molecule has 1 aliphatic heterocycles. The Morgan fingerprint density at radius 2 is 1.86 bits per heavy atom. The molecule has 0 saturated carbocycles. The van der Waals surface area contributed by atoms with Gasteiger partial charge in [0, 0.05) is 24.7 Å². The maximum absolute atomic E-state index is 12.7. The lowest BCUT2D eigenvalue weighted by Crippen LogP contribution is -2.41. The minimum absolute atomic E-state index is 0.0189. The molecule has 1 amide bonds. The molecule has 2 aromatic rings. The maximum atomic E-state index is 12.7. The minimum atomic E-state index is -3.50. The first-order valence-corrected chi connectivity index (χ1v) is 12.0. The van der Waals surface area contributed by atoms with E-state index in [4.69, 9.17) is 11.6 Å². The molecule has 2 heterocycles. The lowest BCUT2D eigenvalue weighted by Gasteiger charge is -2.33. The van der Waals surface area contributed by atoms with Crippen molar-refractivity contribution in [1.82, 2.24) is 4.31 Å². The number of nitrogens with zero attached hydrogens (tertiary/aromatic N) is 1. The first kappa shape index (κ1) is 21.3. The average molecular weight is 441 g/mol. The average Bonchev–Trinajstić information content (AvgIpc) is 3.11. The number of anilines is 1. The number of piperidine rings is 1. The van der Waals surface area contributed by atoms with Crippen LogP contribution in [0.15, 0.2) is 34.5 Å². The van der Waals surface area contributed by atoms with Crippen LogP contribution in [0.5, 0.6) is 0 Å². The van der Waals surface area contributed by atoms with Crippen molar-refractivity contribution < 1.29 is 13.2 Å². The summed E-state index contributed by atoms with van der Waals surface area (Å²) in [7, 11) is -3.50. The molecule has 1 aromatic heterocycles. The number of hydrogen-bond donors (Lipinski definition) is 1. The van der Waals surface area contributed by atoms with E-state index in [0.717, 1.165) is 22.6 Å². The van der Waals surface area contributed by atoms with E-state index in [1.807, 2.05) is 39.0 Å². The molecule has 1 fully saturated rings. The van der Waals surface area contributed by atoms with Crippen molar-refractivity contribution in [3.63, 3.8) is 0 Å². The Morgan fingerprint density at radius 3 is 2.43 bits per heavy atom. The summed E-state index contributed by atoms with van der Waals surface area (Å²) in [5, 5.41) is 2.99. The zero-order valence-corrected chi connectivity index (χ0v) is 18.6. The SMILES string of the molecule is Cc1ccc(NC(=O)[C@@H](C)C2CCN(S(=O)(=O)c3ccc(Cl)s3)CC2)cc1C. The minimum Gasteiger partial charge on any atom is -0.326 e. The predicted octanol–water partition coefficient (Wildman–Crippen LogP) is 4.69. The molecule has 0 aliphatic carbocycles. The summed E-state index contributed by atoms with van der Waals surface area (Å²) in [6, 6.07) is 9.03. The van der Waals surface area contributed by atoms with Crippen LogP contribution in [0.25, 0.3) is 0 Å². The van der Waals surface area contributed by atoms with E-state index in [1.165, 1.54) is 9.87 Å². The summed E-state index contributed by atoms with van der Waals surface area (Å²) < 4.78 is 27.7. The van der Waals surface area contributed by atoms with Gasteiger partial charge in [-0.3, -0.25) is 4.79 Å². The second-order valence-corrected chi connectivity index (χ2v) is 11.3. The molecule has 1 atom stereocenters. The Bertz CT molecular complexity index is 964. The number of rotatable bonds is 5. The van der Waals surface area contributed by atoms with Crippen LogP contribution in [0, 0.1) is 25.7 Å². The Kier molecular flexibility index (Phi) is 6.49. The van der Waals surface area contributed by atoms with E-state index in [0.29, 0.717) is 30.3 Å². The molecule has 0 bridgehead atoms. The maximum Gasteiger partial charge on any atom is 0.252 e. The van der Waals surface area contributed by atoms with Crippen LogP contribution in [0.1, 0.15) is 30.9 Å². The molecule has 0 radical (unpaired) electrons. The number of benzene rings is 1. The number of sulfonamides is 1. The topological polar surface area (TPSA) is 66.5 Å². The van der Waals surface area contributed by atoms with Gasteiger partial charge in [0.1, 0.15) is 4.21 Å². The van der Waals surface area contributed by atoms with E-state index in [-0.39, 0.29) is 22.0 Å². The number of nitrogens with one attached hydrogen (secondary N) is 1. The van der Waals surface area contributed by atoms with Crippen LogP contribution in [0.3, 0.4) is 0 Å². The molecule has 8 heteroatoms. The molecular formula is C20H25ClN2O3S2. The highest BCUT2D eigenvalue weighted by Crippen LogP contribution is 2.32. The van der Waals surface area contributed by atoms with Gasteiger partial charge in [-0.05, 0) is 68.0 Å². The first-order valence-electron chi connectivity index (χ1n) is 9.32. The highest BCUT2D eigenvalue weighted by Gasteiger charge is 2.34. The van der Waals surface area contributed by atoms with Crippen molar-refractivity contribution in [2.45, 2.75) is 37.8 Å². The second kappa shape index (κ2) is 8.53. The van der Waals surface area contributed by atoms with Crippen molar-refractivity contribution in [2.24, 2.45) is 11.8 Å². The zero-order chi connectivity index (χ0) is 20.5. The molecule has 1 saturated heterocycles. The number of hydrogen-bond acceptors (Lipinski definition) is 4. The Morgan fingerprint density at radius 1 is 1.18 bits per heavy atom. The van der Waals surface area contributed by atoms with E-state index < -0.39 is 10.0 Å². The van der Waals surface area contributed by atoms with Crippen LogP contribution in [-0.2, 0) is 14.8 Å². The number of amides is 1. The Hall–Kier alpha value is -1.41. The number of halogens is 1. The summed E-state index contributed by atoms with van der Waals surface area (Å²) in [6.45, 7) is 6.82. The lowest BCUT2D eigenvalue weighted by molar-refractivity contribution is -0.121. The van der Waals surface area contributed by atoms with Gasteiger partial charge >= 0.3 is 0 Å². The van der Waals surface area contributed by atoms with E-state index in [2.05, 4.69) is 5.32 Å². The third kappa shape index (κ3) is 4.59. The molecule has 0 unspecified atom stereocenters. The number of carbonyl (C=O) groups excluding carboxylic acids is 1. The van der Waals surface area contributed by atoms with Crippen molar-refractivity contribution in [2.75, 3.05) is 18.4 Å². The number of thiophene rings is 1. The van der Waals surface area contributed by atoms with Crippen LogP contribution in [-0.4, -0.2) is 31.7 Å². The summed E-state index contributed by atoms with van der Waals surface area (Å²) in [5.74, 6) is -0.0397. The van der Waals surface area contributed by atoms with Crippen LogP contribution in [0.2, 0.25) is 4.34 Å². The first-order chi connectivity index (χ1) is 13.2.